The highest BCUT2D eigenvalue weighted by molar-refractivity contribution is 5.11. The minimum atomic E-state index is 0.597. The van der Waals surface area contributed by atoms with E-state index in [1.807, 2.05) is 0 Å². The first-order valence-corrected chi connectivity index (χ1v) is 11.0. The lowest BCUT2D eigenvalue weighted by Gasteiger charge is -2.63. The largest absolute Gasteiger partial charge is 0.275 e. The second-order valence-electron chi connectivity index (χ2n) is 11.5. The van der Waals surface area contributed by atoms with Crippen molar-refractivity contribution >= 4 is 0 Å². The van der Waals surface area contributed by atoms with Crippen LogP contribution < -0.4 is 0 Å². The summed E-state index contributed by atoms with van der Waals surface area (Å²) in [6.07, 6.45) is 5.79. The molecule has 4 bridgehead atoms. The first-order chi connectivity index (χ1) is 11.7. The van der Waals surface area contributed by atoms with Gasteiger partial charge in [-0.15, -0.1) is 0 Å². The maximum atomic E-state index is 3.89. The highest BCUT2D eigenvalue weighted by Gasteiger charge is 2.59. The molecule has 0 aromatic heterocycles. The molecule has 25 heavy (non-hydrogen) atoms. The summed E-state index contributed by atoms with van der Waals surface area (Å²) in [5.74, 6) is 5.46. The Labute approximate surface area is 155 Å². The molecule has 6 aliphatic carbocycles. The zero-order valence-electron chi connectivity index (χ0n) is 17.3. The Morgan fingerprint density at radius 2 is 1.08 bits per heavy atom. The molecule has 6 saturated carbocycles. The Hall–Kier alpha value is -0.0800. The highest BCUT2D eigenvalue weighted by Crippen LogP contribution is 2.63. The Bertz CT molecular complexity index is 504. The van der Waals surface area contributed by atoms with E-state index in [0.29, 0.717) is 10.8 Å². The highest BCUT2D eigenvalue weighted by atomic mass is 15.4. The maximum absolute atomic E-state index is 3.89. The van der Waals surface area contributed by atoms with E-state index in [9.17, 15) is 0 Å². The summed E-state index contributed by atoms with van der Waals surface area (Å²) in [5, 5.41) is 0. The summed E-state index contributed by atoms with van der Waals surface area (Å²) in [5.41, 5.74) is 1.19. The number of rotatable bonds is 2. The van der Waals surface area contributed by atoms with Gasteiger partial charge in [-0.1, -0.05) is 41.5 Å². The van der Waals surface area contributed by atoms with Crippen LogP contribution in [0.3, 0.4) is 0 Å². The molecule has 8 atom stereocenters. The van der Waals surface area contributed by atoms with Crippen molar-refractivity contribution in [1.29, 1.82) is 0 Å². The third kappa shape index (κ3) is 2.16. The molecule has 2 radical (unpaired) electrons. The number of hydrogen-bond donors (Lipinski definition) is 0. The minimum absolute atomic E-state index is 0.597. The van der Waals surface area contributed by atoms with E-state index in [0.717, 1.165) is 47.6 Å². The van der Waals surface area contributed by atoms with Crippen molar-refractivity contribution in [3.8, 4) is 0 Å². The Morgan fingerprint density at radius 3 is 1.40 bits per heavy atom. The lowest BCUT2D eigenvalue weighted by atomic mass is 9.44. The Kier molecular flexibility index (Phi) is 3.58. The molecular weight excluding hydrogens is 304 g/mol. The molecule has 1 aliphatic heterocycles. The van der Waals surface area contributed by atoms with Gasteiger partial charge in [-0.25, -0.2) is 0 Å². The van der Waals surface area contributed by atoms with E-state index >= 15 is 0 Å². The molecule has 7 rings (SSSR count). The van der Waals surface area contributed by atoms with E-state index in [1.54, 1.807) is 0 Å². The summed E-state index contributed by atoms with van der Waals surface area (Å²) in [6, 6.07) is 1.51. The summed E-state index contributed by atoms with van der Waals surface area (Å²) in [4.78, 5) is 5.27. The fourth-order valence-electron chi connectivity index (χ4n) is 8.03. The average molecular weight is 343 g/mol. The quantitative estimate of drug-likeness (QED) is 0.715. The zero-order chi connectivity index (χ0) is 17.7. The van der Waals surface area contributed by atoms with Crippen LogP contribution in [0.15, 0.2) is 0 Å². The summed E-state index contributed by atoms with van der Waals surface area (Å²) < 4.78 is 0. The van der Waals surface area contributed by atoms with E-state index in [1.165, 1.54) is 38.8 Å². The van der Waals surface area contributed by atoms with E-state index < -0.39 is 0 Å². The topological polar surface area (TPSA) is 6.48 Å². The Balaban J connectivity index is 1.24. The molecule has 0 amide bonds. The second-order valence-corrected chi connectivity index (χ2v) is 11.5. The minimum Gasteiger partial charge on any atom is -0.275 e. The van der Waals surface area contributed by atoms with Crippen LogP contribution in [0, 0.1) is 53.0 Å². The lowest BCUT2D eigenvalue weighted by Crippen LogP contribution is -2.61. The number of hydrogen-bond acceptors (Lipinski definition) is 2. The third-order valence-corrected chi connectivity index (χ3v) is 10.3. The van der Waals surface area contributed by atoms with Gasteiger partial charge in [-0.05, 0) is 72.0 Å². The van der Waals surface area contributed by atoms with Crippen LogP contribution in [-0.4, -0.2) is 35.0 Å². The van der Waals surface area contributed by atoms with Crippen LogP contribution in [0.2, 0.25) is 0 Å². The number of fused-ring (bicyclic) bond motifs is 4. The predicted molar refractivity (Wildman–Crippen MR) is 103 cm³/mol. The first-order valence-electron chi connectivity index (χ1n) is 11.0. The van der Waals surface area contributed by atoms with E-state index in [2.05, 4.69) is 58.0 Å². The summed E-state index contributed by atoms with van der Waals surface area (Å²) in [6.45, 7) is 21.4. The van der Waals surface area contributed by atoms with Crippen molar-refractivity contribution < 1.29 is 0 Å². The van der Waals surface area contributed by atoms with Crippen LogP contribution in [0.5, 0.6) is 0 Å². The fraction of sp³-hybridized carbons (Fsp3) is 0.957. The van der Waals surface area contributed by atoms with Gasteiger partial charge in [0, 0.05) is 25.2 Å². The van der Waals surface area contributed by atoms with Crippen molar-refractivity contribution in [2.75, 3.05) is 13.1 Å². The molecule has 0 aromatic rings. The summed E-state index contributed by atoms with van der Waals surface area (Å²) in [7, 11) is 0. The molecule has 0 spiro atoms. The Morgan fingerprint density at radius 1 is 0.680 bits per heavy atom. The SMILES string of the molecule is C[C@@H]1C(N2[C]N(C3C[C@H]4C[C@@H]([C@@H]3C)C4(C)C)CC2)C[C@H]2C[C@@H]1C2(C)C. The van der Waals surface area contributed by atoms with Crippen LogP contribution in [0.1, 0.15) is 67.2 Å². The third-order valence-electron chi connectivity index (χ3n) is 10.3. The van der Waals surface area contributed by atoms with Crippen LogP contribution >= 0.6 is 0 Å². The number of nitrogens with zero attached hydrogens (tertiary/aromatic N) is 2. The molecule has 140 valence electrons. The van der Waals surface area contributed by atoms with E-state index in [-0.39, 0.29) is 0 Å². The fourth-order valence-corrected chi connectivity index (χ4v) is 8.03. The molecule has 2 unspecified atom stereocenters. The average Bonchev–Trinajstić information content (AvgIpc) is 3.03. The second kappa shape index (κ2) is 5.25. The monoisotopic (exact) mass is 342 g/mol. The zero-order valence-corrected chi connectivity index (χ0v) is 17.3. The van der Waals surface area contributed by atoms with Gasteiger partial charge in [0.1, 0.15) is 6.67 Å². The molecule has 7 aliphatic rings. The molecule has 1 heterocycles. The van der Waals surface area contributed by atoms with Gasteiger partial charge in [0.05, 0.1) is 0 Å². The molecule has 0 N–H and O–H groups in total. The molecular formula is C23H38N2. The maximum Gasteiger partial charge on any atom is 0.147 e. The van der Waals surface area contributed by atoms with Gasteiger partial charge in [0.25, 0.3) is 0 Å². The van der Waals surface area contributed by atoms with Crippen LogP contribution in [-0.2, 0) is 0 Å². The van der Waals surface area contributed by atoms with Crippen molar-refractivity contribution in [2.45, 2.75) is 79.3 Å². The van der Waals surface area contributed by atoms with Crippen molar-refractivity contribution in [3.63, 3.8) is 0 Å². The van der Waals surface area contributed by atoms with Gasteiger partial charge in [-0.3, -0.25) is 9.80 Å². The van der Waals surface area contributed by atoms with Crippen LogP contribution in [0.4, 0.5) is 0 Å². The lowest BCUT2D eigenvalue weighted by molar-refractivity contribution is -0.140. The smallest absolute Gasteiger partial charge is 0.147 e. The molecule has 2 nitrogen and oxygen atoms in total. The molecule has 2 heteroatoms. The molecule has 7 fully saturated rings. The standard InChI is InChI=1S/C23H38N2/c1-14-18-9-16(22(18,3)4)11-20(14)24-7-8-25(13-24)21-12-17-10-19(15(21)2)23(17,5)6/h14-21H,7-12H2,1-6H3/t14-,15-,16+,17+,18-,19-,20?,21?/m0/s1. The van der Waals surface area contributed by atoms with Crippen molar-refractivity contribution in [2.24, 2.45) is 46.3 Å². The van der Waals surface area contributed by atoms with Gasteiger partial charge in [0.15, 0.2) is 0 Å². The van der Waals surface area contributed by atoms with E-state index in [4.69, 9.17) is 0 Å². The molecule has 0 aromatic carbocycles. The first kappa shape index (κ1) is 17.0. The predicted octanol–water partition coefficient (Wildman–Crippen LogP) is 4.74. The van der Waals surface area contributed by atoms with Gasteiger partial charge in [0.2, 0.25) is 0 Å². The van der Waals surface area contributed by atoms with Crippen molar-refractivity contribution in [1.82, 2.24) is 9.80 Å². The van der Waals surface area contributed by atoms with Gasteiger partial charge >= 0.3 is 0 Å². The van der Waals surface area contributed by atoms with Gasteiger partial charge in [-0.2, -0.15) is 0 Å². The van der Waals surface area contributed by atoms with Gasteiger partial charge < -0.3 is 0 Å². The molecule has 1 saturated heterocycles. The summed E-state index contributed by atoms with van der Waals surface area (Å²) >= 11 is 0. The normalized spacial score (nSPS) is 54.0. The van der Waals surface area contributed by atoms with Crippen LogP contribution in [0.25, 0.3) is 0 Å². The van der Waals surface area contributed by atoms with Crippen molar-refractivity contribution in [3.05, 3.63) is 6.67 Å².